The van der Waals surface area contributed by atoms with Gasteiger partial charge in [0.2, 0.25) is 0 Å². The van der Waals surface area contributed by atoms with Crippen LogP contribution in [0, 0.1) is 0 Å². The fourth-order valence-corrected chi connectivity index (χ4v) is 2.19. The van der Waals surface area contributed by atoms with Crippen LogP contribution in [0.3, 0.4) is 0 Å². The molecule has 20 heavy (non-hydrogen) atoms. The van der Waals surface area contributed by atoms with Gasteiger partial charge in [-0.05, 0) is 32.9 Å². The number of anilines is 1. The summed E-state index contributed by atoms with van der Waals surface area (Å²) in [4.78, 5) is 9.23. The van der Waals surface area contributed by atoms with Crippen LogP contribution in [-0.2, 0) is 4.74 Å². The second-order valence-corrected chi connectivity index (χ2v) is 7.47. The molecule has 1 amide bonds. The van der Waals surface area contributed by atoms with Crippen LogP contribution in [0.25, 0.3) is 0 Å². The molecule has 0 unspecified atom stereocenters. The summed E-state index contributed by atoms with van der Waals surface area (Å²) in [6, 6.07) is 2.86. The fraction of sp³-hybridized carbons (Fsp3) is 0.364. The Labute approximate surface area is 112 Å². The van der Waals surface area contributed by atoms with Gasteiger partial charge in [-0.3, -0.25) is 5.32 Å². The first-order valence-electron chi connectivity index (χ1n) is 5.42. The van der Waals surface area contributed by atoms with Gasteiger partial charge < -0.3 is 4.74 Å². The third-order valence-corrected chi connectivity index (χ3v) is 3.13. The van der Waals surface area contributed by atoms with Crippen LogP contribution < -0.4 is 5.32 Å². The average Bonchev–Trinajstić information content (AvgIpc) is 2.10. The van der Waals surface area contributed by atoms with Gasteiger partial charge in [0.25, 0.3) is 0 Å². The minimum absolute atomic E-state index is 0.217. The van der Waals surface area contributed by atoms with Crippen molar-refractivity contribution in [1.82, 2.24) is 0 Å². The van der Waals surface area contributed by atoms with Gasteiger partial charge in [-0.2, -0.15) is 0 Å². The van der Waals surface area contributed by atoms with Crippen LogP contribution in [-0.4, -0.2) is 11.7 Å². The molecule has 0 aliphatic heterocycles. The van der Waals surface area contributed by atoms with Crippen LogP contribution in [0.2, 0.25) is 0 Å². The SMILES string of the molecule is CC(C)(C)OC(=O)Nc1ccccc1S(F)(F)(F)(F)F. The maximum absolute atomic E-state index is 12.8. The first-order valence-corrected chi connectivity index (χ1v) is 7.37. The zero-order chi connectivity index (χ0) is 15.9. The van der Waals surface area contributed by atoms with Crippen molar-refractivity contribution in [2.45, 2.75) is 31.3 Å². The molecule has 116 valence electrons. The third-order valence-electron chi connectivity index (χ3n) is 1.94. The van der Waals surface area contributed by atoms with E-state index in [0.717, 1.165) is 18.2 Å². The molecule has 0 radical (unpaired) electrons. The second kappa shape index (κ2) is 4.00. The van der Waals surface area contributed by atoms with Gasteiger partial charge in [0.1, 0.15) is 10.5 Å². The number of nitrogens with one attached hydrogen (secondary N) is 1. The van der Waals surface area contributed by atoms with E-state index in [-0.39, 0.29) is 6.07 Å². The number of hydrogen-bond acceptors (Lipinski definition) is 2. The Morgan fingerprint density at radius 1 is 1.10 bits per heavy atom. The molecule has 1 aromatic carbocycles. The summed E-state index contributed by atoms with van der Waals surface area (Å²) in [5.41, 5.74) is -2.01. The molecule has 1 rings (SSSR count). The largest absolute Gasteiger partial charge is 0.444 e. The van der Waals surface area contributed by atoms with Crippen LogP contribution in [0.15, 0.2) is 29.2 Å². The van der Waals surface area contributed by atoms with Crippen molar-refractivity contribution < 1.29 is 29.0 Å². The summed E-state index contributed by atoms with van der Waals surface area (Å²) >= 11 is 0. The van der Waals surface area contributed by atoms with Gasteiger partial charge in [-0.25, -0.2) is 4.79 Å². The molecule has 0 fully saturated rings. The van der Waals surface area contributed by atoms with Crippen molar-refractivity contribution in [1.29, 1.82) is 0 Å². The highest BCUT2D eigenvalue weighted by Gasteiger charge is 2.66. The monoisotopic (exact) mass is 319 g/mol. The Kier molecular flexibility index (Phi) is 3.31. The Balaban J connectivity index is 3.15. The van der Waals surface area contributed by atoms with Crippen molar-refractivity contribution in [3.8, 4) is 0 Å². The first-order chi connectivity index (χ1) is 8.58. The highest BCUT2D eigenvalue weighted by molar-refractivity contribution is 8.45. The minimum Gasteiger partial charge on any atom is -0.444 e. The molecule has 0 spiro atoms. The van der Waals surface area contributed by atoms with Crippen LogP contribution >= 0.6 is 10.2 Å². The molecule has 3 nitrogen and oxygen atoms in total. The van der Waals surface area contributed by atoms with E-state index in [9.17, 15) is 24.2 Å². The van der Waals surface area contributed by atoms with Crippen LogP contribution in [0.1, 0.15) is 20.8 Å². The predicted octanol–water partition coefficient (Wildman–Crippen LogP) is 5.69. The number of carbonyl (C=O) groups excluding carboxylic acids is 1. The number of halogens is 5. The van der Waals surface area contributed by atoms with E-state index < -0.39 is 32.5 Å². The number of ether oxygens (including phenoxy) is 1. The van der Waals surface area contributed by atoms with E-state index in [4.69, 9.17) is 4.74 Å². The predicted molar refractivity (Wildman–Crippen MR) is 67.7 cm³/mol. The third kappa shape index (κ3) is 4.87. The van der Waals surface area contributed by atoms with Gasteiger partial charge >= 0.3 is 16.3 Å². The molecule has 0 heterocycles. The molecule has 9 heteroatoms. The molecular formula is C11H14F5NO2S. The maximum Gasteiger partial charge on any atom is 0.412 e. The van der Waals surface area contributed by atoms with E-state index in [1.807, 2.05) is 0 Å². The highest BCUT2D eigenvalue weighted by atomic mass is 32.5. The van der Waals surface area contributed by atoms with Gasteiger partial charge in [0.05, 0.1) is 5.69 Å². The van der Waals surface area contributed by atoms with Gasteiger partial charge in [-0.15, -0.1) is 0 Å². The molecule has 0 aliphatic rings. The van der Waals surface area contributed by atoms with E-state index in [1.54, 1.807) is 5.32 Å². The number of amides is 1. The average molecular weight is 319 g/mol. The van der Waals surface area contributed by atoms with Crippen LogP contribution in [0.4, 0.5) is 29.9 Å². The lowest BCUT2D eigenvalue weighted by Crippen LogP contribution is -2.27. The normalized spacial score (nSPS) is 16.0. The van der Waals surface area contributed by atoms with Gasteiger partial charge in [-0.1, -0.05) is 31.6 Å². The molecule has 0 saturated carbocycles. The number of rotatable bonds is 2. The summed E-state index contributed by atoms with van der Waals surface area (Å²) in [5.74, 6) is 0. The number of benzene rings is 1. The number of hydrogen-bond donors (Lipinski definition) is 1. The van der Waals surface area contributed by atoms with E-state index >= 15 is 0 Å². The quantitative estimate of drug-likeness (QED) is 0.711. The topological polar surface area (TPSA) is 38.3 Å². The molecule has 0 atom stereocenters. The minimum atomic E-state index is -9.89. The summed E-state index contributed by atoms with van der Waals surface area (Å²) < 4.78 is 68.7. The highest BCUT2D eigenvalue weighted by Crippen LogP contribution is 3.02. The molecule has 0 aromatic heterocycles. The van der Waals surface area contributed by atoms with Crippen molar-refractivity contribution in [3.05, 3.63) is 24.3 Å². The number of carbonyl (C=O) groups is 1. The van der Waals surface area contributed by atoms with Crippen molar-refractivity contribution in [3.63, 3.8) is 0 Å². The number of para-hydroxylation sites is 1. The zero-order valence-corrected chi connectivity index (χ0v) is 11.7. The zero-order valence-electron chi connectivity index (χ0n) is 10.9. The van der Waals surface area contributed by atoms with Crippen molar-refractivity contribution in [2.75, 3.05) is 5.32 Å². The van der Waals surface area contributed by atoms with Crippen molar-refractivity contribution in [2.24, 2.45) is 0 Å². The molecule has 0 saturated heterocycles. The lowest BCUT2D eigenvalue weighted by Gasteiger charge is -2.41. The Morgan fingerprint density at radius 3 is 2.05 bits per heavy atom. The standard InChI is InChI=1S/C11H14F5NO2S/c1-11(2,3)19-10(18)17-8-6-4-5-7-9(8)20(12,13,14,15)16/h4-7H,1-3H3,(H,17,18). The van der Waals surface area contributed by atoms with E-state index in [1.165, 1.54) is 20.8 Å². The fourth-order valence-electron chi connectivity index (χ4n) is 1.32. The molecule has 0 bridgehead atoms. The smallest absolute Gasteiger partial charge is 0.412 e. The van der Waals surface area contributed by atoms with E-state index in [2.05, 4.69) is 0 Å². The Bertz CT molecular complexity index is 535. The summed E-state index contributed by atoms with van der Waals surface area (Å²) in [5, 5.41) is 1.69. The Hall–Kier alpha value is -1.51. The second-order valence-electron chi connectivity index (χ2n) is 5.09. The molecular weight excluding hydrogens is 305 g/mol. The van der Waals surface area contributed by atoms with Gasteiger partial charge in [0.15, 0.2) is 0 Å². The van der Waals surface area contributed by atoms with E-state index in [0.29, 0.717) is 0 Å². The molecule has 0 aliphatic carbocycles. The lowest BCUT2D eigenvalue weighted by molar-refractivity contribution is 0.0635. The lowest BCUT2D eigenvalue weighted by atomic mass is 10.2. The summed E-state index contributed by atoms with van der Waals surface area (Å²) in [6.45, 7) is 4.47. The van der Waals surface area contributed by atoms with Crippen molar-refractivity contribution >= 4 is 22.0 Å². The Morgan fingerprint density at radius 2 is 1.60 bits per heavy atom. The summed E-state index contributed by atoms with van der Waals surface area (Å²) in [6.07, 6.45) is -1.24. The molecule has 1 aromatic rings. The molecule has 1 N–H and O–H groups in total. The summed E-state index contributed by atoms with van der Waals surface area (Å²) in [7, 11) is -9.89. The maximum atomic E-state index is 12.8. The van der Waals surface area contributed by atoms with Crippen LogP contribution in [0.5, 0.6) is 0 Å². The van der Waals surface area contributed by atoms with Gasteiger partial charge in [0, 0.05) is 0 Å². The first kappa shape index (κ1) is 16.5.